The third-order valence-electron chi connectivity index (χ3n) is 3.34. The first kappa shape index (κ1) is 17.9. The number of aliphatic hydroxyl groups is 1. The lowest BCUT2D eigenvalue weighted by molar-refractivity contribution is 0.183. The predicted molar refractivity (Wildman–Crippen MR) is 87.7 cm³/mol. The van der Waals surface area contributed by atoms with E-state index in [0.29, 0.717) is 19.5 Å². The van der Waals surface area contributed by atoms with Crippen LogP contribution in [0.5, 0.6) is 0 Å². The Kier molecular flexibility index (Phi) is 7.71. The fraction of sp³-hybridized carbons (Fsp3) is 0.667. The molecule has 5 nitrogen and oxygen atoms in total. The number of likely N-dealkylation sites (N-methyl/N-ethyl adjacent to an activating group) is 1. The standard InChI is InChI=1S/C15H27N3O2S/c1-12-6-10-21-14(12)11-18(8-7-17(3)4)15(20)16-13(2)5-9-19/h6,10,13,19H,5,7-9,11H2,1-4H3,(H,16,20)/t13-/m1/s1. The van der Waals surface area contributed by atoms with Gasteiger partial charge >= 0.3 is 6.03 Å². The Bertz CT molecular complexity index is 434. The minimum Gasteiger partial charge on any atom is -0.396 e. The molecule has 0 aliphatic heterocycles. The van der Waals surface area contributed by atoms with Crippen LogP contribution in [0.4, 0.5) is 4.79 Å². The smallest absolute Gasteiger partial charge is 0.317 e. The van der Waals surface area contributed by atoms with Gasteiger partial charge in [0.2, 0.25) is 0 Å². The highest BCUT2D eigenvalue weighted by Gasteiger charge is 2.17. The summed E-state index contributed by atoms with van der Waals surface area (Å²) in [5.41, 5.74) is 1.23. The second-order valence-corrected chi connectivity index (χ2v) is 6.62. The topological polar surface area (TPSA) is 55.8 Å². The Hall–Kier alpha value is -1.11. The van der Waals surface area contributed by atoms with E-state index >= 15 is 0 Å². The van der Waals surface area contributed by atoms with Crippen molar-refractivity contribution < 1.29 is 9.90 Å². The van der Waals surface area contributed by atoms with Crippen LogP contribution in [0.3, 0.4) is 0 Å². The molecule has 0 unspecified atom stereocenters. The summed E-state index contributed by atoms with van der Waals surface area (Å²) in [6, 6.07) is 2.00. The van der Waals surface area contributed by atoms with E-state index in [-0.39, 0.29) is 18.7 Å². The molecule has 2 N–H and O–H groups in total. The van der Waals surface area contributed by atoms with Crippen molar-refractivity contribution in [1.29, 1.82) is 0 Å². The number of amides is 2. The maximum atomic E-state index is 12.4. The maximum absolute atomic E-state index is 12.4. The Morgan fingerprint density at radius 1 is 1.43 bits per heavy atom. The van der Waals surface area contributed by atoms with Crippen molar-refractivity contribution in [2.75, 3.05) is 33.8 Å². The molecule has 1 aromatic heterocycles. The molecule has 1 aromatic rings. The van der Waals surface area contributed by atoms with Crippen molar-refractivity contribution in [3.05, 3.63) is 21.9 Å². The van der Waals surface area contributed by atoms with Crippen molar-refractivity contribution in [1.82, 2.24) is 15.1 Å². The van der Waals surface area contributed by atoms with Crippen molar-refractivity contribution in [3.63, 3.8) is 0 Å². The van der Waals surface area contributed by atoms with Crippen LogP contribution in [-0.4, -0.2) is 60.8 Å². The minimum absolute atomic E-state index is 0.0196. The lowest BCUT2D eigenvalue weighted by Crippen LogP contribution is -2.45. The van der Waals surface area contributed by atoms with Crippen molar-refractivity contribution >= 4 is 17.4 Å². The Labute approximate surface area is 131 Å². The zero-order valence-corrected chi connectivity index (χ0v) is 14.2. The van der Waals surface area contributed by atoms with Crippen LogP contribution < -0.4 is 5.32 Å². The molecule has 1 atom stereocenters. The van der Waals surface area contributed by atoms with Gasteiger partial charge in [-0.25, -0.2) is 4.79 Å². The van der Waals surface area contributed by atoms with Gasteiger partial charge in [-0.3, -0.25) is 0 Å². The van der Waals surface area contributed by atoms with Gasteiger partial charge in [0.1, 0.15) is 0 Å². The number of nitrogens with zero attached hydrogens (tertiary/aromatic N) is 2. The van der Waals surface area contributed by atoms with E-state index in [1.54, 1.807) is 11.3 Å². The van der Waals surface area contributed by atoms with Gasteiger partial charge in [0.15, 0.2) is 0 Å². The van der Waals surface area contributed by atoms with Crippen molar-refractivity contribution in [2.24, 2.45) is 0 Å². The summed E-state index contributed by atoms with van der Waals surface area (Å²) in [7, 11) is 4.00. The fourth-order valence-corrected chi connectivity index (χ4v) is 2.80. The summed E-state index contributed by atoms with van der Waals surface area (Å²) in [6.45, 7) is 6.21. The molecule has 0 spiro atoms. The molecule has 1 heterocycles. The van der Waals surface area contributed by atoms with E-state index in [4.69, 9.17) is 5.11 Å². The van der Waals surface area contributed by atoms with E-state index in [0.717, 1.165) is 6.54 Å². The zero-order valence-electron chi connectivity index (χ0n) is 13.4. The number of nitrogens with one attached hydrogen (secondary N) is 1. The molecule has 120 valence electrons. The van der Waals surface area contributed by atoms with E-state index in [1.165, 1.54) is 10.4 Å². The average Bonchev–Trinajstić information content (AvgIpc) is 2.79. The van der Waals surface area contributed by atoms with Gasteiger partial charge in [0.05, 0.1) is 6.54 Å². The quantitative estimate of drug-likeness (QED) is 0.771. The lowest BCUT2D eigenvalue weighted by atomic mass is 10.2. The number of carbonyl (C=O) groups excluding carboxylic acids is 1. The molecule has 6 heteroatoms. The van der Waals surface area contributed by atoms with Crippen LogP contribution in [0.1, 0.15) is 23.8 Å². The van der Waals surface area contributed by atoms with Gasteiger partial charge in [-0.2, -0.15) is 0 Å². The number of aryl methyl sites for hydroxylation is 1. The highest BCUT2D eigenvalue weighted by molar-refractivity contribution is 7.10. The van der Waals surface area contributed by atoms with E-state index < -0.39 is 0 Å². The Balaban J connectivity index is 2.67. The zero-order chi connectivity index (χ0) is 15.8. The van der Waals surface area contributed by atoms with Crippen LogP contribution in [-0.2, 0) is 6.54 Å². The predicted octanol–water partition coefficient (Wildman–Crippen LogP) is 1.90. The molecule has 0 fully saturated rings. The molecule has 1 rings (SSSR count). The number of urea groups is 1. The van der Waals surface area contributed by atoms with E-state index in [9.17, 15) is 4.79 Å². The molecule has 0 aromatic carbocycles. The second kappa shape index (κ2) is 9.02. The van der Waals surface area contributed by atoms with Crippen LogP contribution in [0.25, 0.3) is 0 Å². The van der Waals surface area contributed by atoms with Crippen molar-refractivity contribution in [2.45, 2.75) is 32.9 Å². The second-order valence-electron chi connectivity index (χ2n) is 5.61. The van der Waals surface area contributed by atoms with Crippen LogP contribution in [0.15, 0.2) is 11.4 Å². The van der Waals surface area contributed by atoms with Crippen molar-refractivity contribution in [3.8, 4) is 0 Å². The third kappa shape index (κ3) is 6.46. The average molecular weight is 313 g/mol. The van der Waals surface area contributed by atoms with Gasteiger partial charge in [-0.15, -0.1) is 11.3 Å². The first-order valence-corrected chi connectivity index (χ1v) is 8.16. The van der Waals surface area contributed by atoms with Crippen LogP contribution in [0, 0.1) is 6.92 Å². The van der Waals surface area contributed by atoms with E-state index in [1.807, 2.05) is 25.9 Å². The number of rotatable bonds is 8. The number of thiophene rings is 1. The molecule has 0 bridgehead atoms. The molecular weight excluding hydrogens is 286 g/mol. The van der Waals surface area contributed by atoms with Crippen LogP contribution in [0.2, 0.25) is 0 Å². The maximum Gasteiger partial charge on any atom is 0.317 e. The molecule has 0 radical (unpaired) electrons. The largest absolute Gasteiger partial charge is 0.396 e. The van der Waals surface area contributed by atoms with Gasteiger partial charge in [0, 0.05) is 30.6 Å². The number of carbonyl (C=O) groups is 1. The van der Waals surface area contributed by atoms with Gasteiger partial charge < -0.3 is 20.2 Å². The summed E-state index contributed by atoms with van der Waals surface area (Å²) < 4.78 is 0. The van der Waals surface area contributed by atoms with Gasteiger partial charge in [-0.1, -0.05) is 0 Å². The normalized spacial score (nSPS) is 12.5. The first-order valence-electron chi connectivity index (χ1n) is 7.28. The lowest BCUT2D eigenvalue weighted by Gasteiger charge is -2.26. The fourth-order valence-electron chi connectivity index (χ4n) is 1.88. The SMILES string of the molecule is Cc1ccsc1CN(CCN(C)C)C(=O)N[C@H](C)CCO. The molecule has 0 aliphatic carbocycles. The number of hydrogen-bond acceptors (Lipinski definition) is 4. The summed E-state index contributed by atoms with van der Waals surface area (Å²) >= 11 is 1.68. The number of aliphatic hydroxyl groups excluding tert-OH is 1. The molecule has 0 saturated carbocycles. The first-order chi connectivity index (χ1) is 9.93. The highest BCUT2D eigenvalue weighted by Crippen LogP contribution is 2.18. The summed E-state index contributed by atoms with van der Waals surface area (Å²) in [5.74, 6) is 0. The summed E-state index contributed by atoms with van der Waals surface area (Å²) in [4.78, 5) is 17.5. The molecule has 21 heavy (non-hydrogen) atoms. The molecular formula is C15H27N3O2S. The van der Waals surface area contributed by atoms with E-state index in [2.05, 4.69) is 28.6 Å². The number of hydrogen-bond donors (Lipinski definition) is 2. The summed E-state index contributed by atoms with van der Waals surface area (Å²) in [5, 5.41) is 13.9. The highest BCUT2D eigenvalue weighted by atomic mass is 32.1. The minimum atomic E-state index is -0.0643. The molecule has 0 aliphatic rings. The molecule has 0 saturated heterocycles. The van der Waals surface area contributed by atoms with Crippen LogP contribution >= 0.6 is 11.3 Å². The Morgan fingerprint density at radius 3 is 2.67 bits per heavy atom. The summed E-state index contributed by atoms with van der Waals surface area (Å²) in [6.07, 6.45) is 0.575. The Morgan fingerprint density at radius 2 is 2.14 bits per heavy atom. The van der Waals surface area contributed by atoms with Gasteiger partial charge in [0.25, 0.3) is 0 Å². The van der Waals surface area contributed by atoms with Gasteiger partial charge in [-0.05, 0) is 51.4 Å². The third-order valence-corrected chi connectivity index (χ3v) is 4.35. The molecule has 2 amide bonds. The monoisotopic (exact) mass is 313 g/mol.